The number of rotatable bonds is 3. The highest BCUT2D eigenvalue weighted by atomic mass is 79.9. The van der Waals surface area contributed by atoms with Gasteiger partial charge in [0.05, 0.1) is 15.9 Å². The van der Waals surface area contributed by atoms with Crippen molar-refractivity contribution >= 4 is 38.3 Å². The Balaban J connectivity index is 1.79. The van der Waals surface area contributed by atoms with Crippen LogP contribution in [-0.4, -0.2) is 9.38 Å². The van der Waals surface area contributed by atoms with Crippen LogP contribution in [0.15, 0.2) is 94.2 Å². The first-order valence-electron chi connectivity index (χ1n) is 9.14. The molecule has 5 aromatic rings. The number of aromatic nitrogens is 2. The molecule has 29 heavy (non-hydrogen) atoms. The topological polar surface area (TPSA) is 34.4 Å². The van der Waals surface area contributed by atoms with Gasteiger partial charge in [-0.3, -0.25) is 4.79 Å². The van der Waals surface area contributed by atoms with Gasteiger partial charge >= 0.3 is 0 Å². The summed E-state index contributed by atoms with van der Waals surface area (Å²) in [5.74, 6) is 0. The lowest BCUT2D eigenvalue weighted by Gasteiger charge is -2.04. The van der Waals surface area contributed by atoms with E-state index in [2.05, 4.69) is 15.9 Å². The van der Waals surface area contributed by atoms with E-state index in [1.807, 2.05) is 91.0 Å². The second-order valence-electron chi connectivity index (χ2n) is 6.63. The van der Waals surface area contributed by atoms with E-state index < -0.39 is 0 Å². The van der Waals surface area contributed by atoms with Crippen LogP contribution in [0.1, 0.15) is 5.56 Å². The van der Waals surface area contributed by atoms with Gasteiger partial charge in [0.1, 0.15) is 0 Å². The number of halogens is 1. The number of nitrogens with zero attached hydrogens (tertiary/aromatic N) is 2. The summed E-state index contributed by atoms with van der Waals surface area (Å²) in [5.41, 5.74) is 4.59. The molecule has 5 rings (SSSR count). The van der Waals surface area contributed by atoms with Crippen molar-refractivity contribution in [3.05, 3.63) is 110 Å². The monoisotopic (exact) mass is 458 g/mol. The normalized spacial score (nSPS) is 12.0. The Bertz CT molecular complexity index is 1410. The third-order valence-corrected chi connectivity index (χ3v) is 6.22. The summed E-state index contributed by atoms with van der Waals surface area (Å²) in [6.45, 7) is 0. The Morgan fingerprint density at radius 1 is 0.828 bits per heavy atom. The quantitative estimate of drug-likeness (QED) is 0.362. The van der Waals surface area contributed by atoms with E-state index in [4.69, 9.17) is 4.98 Å². The number of fused-ring (bicyclic) bond motifs is 1. The van der Waals surface area contributed by atoms with Crippen LogP contribution in [0, 0.1) is 0 Å². The van der Waals surface area contributed by atoms with Gasteiger partial charge in [0.15, 0.2) is 4.96 Å². The number of benzene rings is 3. The number of imidazole rings is 1. The maximum Gasteiger partial charge on any atom is 0.274 e. The molecule has 3 nitrogen and oxygen atoms in total. The molecule has 5 heteroatoms. The first-order chi connectivity index (χ1) is 14.2. The van der Waals surface area contributed by atoms with Crippen molar-refractivity contribution in [2.45, 2.75) is 0 Å². The molecule has 0 N–H and O–H groups in total. The highest BCUT2D eigenvalue weighted by Crippen LogP contribution is 2.32. The third kappa shape index (κ3) is 3.33. The van der Waals surface area contributed by atoms with Crippen molar-refractivity contribution < 1.29 is 0 Å². The van der Waals surface area contributed by atoms with E-state index in [1.54, 1.807) is 4.40 Å². The first kappa shape index (κ1) is 18.0. The van der Waals surface area contributed by atoms with Crippen molar-refractivity contribution in [1.82, 2.24) is 9.38 Å². The van der Waals surface area contributed by atoms with Crippen LogP contribution in [0.4, 0.5) is 0 Å². The molecule has 3 aromatic carbocycles. The molecule has 140 valence electrons. The molecule has 0 fully saturated rings. The highest BCUT2D eigenvalue weighted by Gasteiger charge is 2.19. The van der Waals surface area contributed by atoms with Gasteiger partial charge in [0, 0.05) is 15.6 Å². The van der Waals surface area contributed by atoms with Gasteiger partial charge < -0.3 is 0 Å². The van der Waals surface area contributed by atoms with Gasteiger partial charge in [-0.05, 0) is 23.8 Å². The molecule has 0 saturated heterocycles. The van der Waals surface area contributed by atoms with Crippen molar-refractivity contribution in [2.24, 2.45) is 0 Å². The molecule has 0 bridgehead atoms. The maximum atomic E-state index is 13.3. The summed E-state index contributed by atoms with van der Waals surface area (Å²) in [6.07, 6.45) is 1.92. The van der Waals surface area contributed by atoms with Gasteiger partial charge in [0.25, 0.3) is 5.56 Å². The fourth-order valence-corrected chi connectivity index (χ4v) is 4.61. The van der Waals surface area contributed by atoms with Crippen LogP contribution >= 0.6 is 27.3 Å². The summed E-state index contributed by atoms with van der Waals surface area (Å²) in [6, 6.07) is 27.9. The van der Waals surface area contributed by atoms with Gasteiger partial charge in [-0.25, -0.2) is 9.38 Å². The van der Waals surface area contributed by atoms with E-state index in [-0.39, 0.29) is 5.56 Å². The zero-order chi connectivity index (χ0) is 19.8. The second-order valence-corrected chi connectivity index (χ2v) is 8.55. The molecule has 0 saturated carbocycles. The number of hydrogen-bond acceptors (Lipinski definition) is 3. The first-order valence-corrected chi connectivity index (χ1v) is 10.7. The van der Waals surface area contributed by atoms with Gasteiger partial charge in [-0.2, -0.15) is 0 Å². The van der Waals surface area contributed by atoms with E-state index in [0.29, 0.717) is 9.49 Å². The lowest BCUT2D eigenvalue weighted by molar-refractivity contribution is 1.15. The van der Waals surface area contributed by atoms with Crippen LogP contribution in [0.3, 0.4) is 0 Å². The van der Waals surface area contributed by atoms with E-state index >= 15 is 0 Å². The summed E-state index contributed by atoms with van der Waals surface area (Å²) >= 11 is 4.87. The van der Waals surface area contributed by atoms with Gasteiger partial charge in [0.2, 0.25) is 0 Å². The van der Waals surface area contributed by atoms with Crippen LogP contribution in [0.2, 0.25) is 0 Å². The van der Waals surface area contributed by atoms with Crippen LogP contribution < -0.4 is 10.1 Å². The Morgan fingerprint density at radius 3 is 2.10 bits per heavy atom. The molecular formula is C24H15BrN2OS. The Kier molecular flexibility index (Phi) is 4.62. The predicted octanol–water partition coefficient (Wildman–Crippen LogP) is 5.40. The number of hydrogen-bond donors (Lipinski definition) is 0. The predicted molar refractivity (Wildman–Crippen MR) is 123 cm³/mol. The molecule has 0 radical (unpaired) electrons. The number of thiazole rings is 1. The molecule has 0 atom stereocenters. The molecule has 2 heterocycles. The molecule has 0 aliphatic carbocycles. The molecule has 0 spiro atoms. The molecule has 0 aliphatic heterocycles. The third-order valence-electron chi connectivity index (χ3n) is 4.72. The average Bonchev–Trinajstić information content (AvgIpc) is 3.28. The zero-order valence-electron chi connectivity index (χ0n) is 15.2. The Hall–Kier alpha value is -3.02. The Morgan fingerprint density at radius 2 is 1.45 bits per heavy atom. The van der Waals surface area contributed by atoms with Crippen molar-refractivity contribution in [3.8, 4) is 22.5 Å². The second kappa shape index (κ2) is 7.43. The largest absolute Gasteiger partial charge is 0.274 e. The van der Waals surface area contributed by atoms with E-state index in [1.165, 1.54) is 11.3 Å². The van der Waals surface area contributed by atoms with Crippen LogP contribution in [0.25, 0.3) is 33.6 Å². The minimum absolute atomic E-state index is 0.0403. The molecule has 0 aliphatic rings. The van der Waals surface area contributed by atoms with E-state index in [0.717, 1.165) is 32.6 Å². The zero-order valence-corrected chi connectivity index (χ0v) is 17.7. The molecule has 0 unspecified atom stereocenters. The summed E-state index contributed by atoms with van der Waals surface area (Å²) in [4.78, 5) is 18.9. The summed E-state index contributed by atoms with van der Waals surface area (Å²) in [5, 5.41) is 0. The average molecular weight is 459 g/mol. The van der Waals surface area contributed by atoms with Gasteiger partial charge in [-0.15, -0.1) is 0 Å². The summed E-state index contributed by atoms with van der Waals surface area (Å²) < 4.78 is 3.43. The van der Waals surface area contributed by atoms with Gasteiger partial charge in [-0.1, -0.05) is 100 Å². The van der Waals surface area contributed by atoms with Crippen molar-refractivity contribution in [2.75, 3.05) is 0 Å². The van der Waals surface area contributed by atoms with Crippen LogP contribution in [0.5, 0.6) is 0 Å². The highest BCUT2D eigenvalue weighted by molar-refractivity contribution is 9.10. The minimum atomic E-state index is -0.0403. The standard InChI is InChI=1S/C24H15BrN2OS/c25-19-13-11-16(12-14-19)15-20-23(28)27-22(18-9-5-2-6-10-18)21(26-24(27)29-20)17-7-3-1-4-8-17/h1-15H/b20-15+. The molecular weight excluding hydrogens is 444 g/mol. The minimum Gasteiger partial charge on any atom is -0.267 e. The van der Waals surface area contributed by atoms with Crippen molar-refractivity contribution in [3.63, 3.8) is 0 Å². The van der Waals surface area contributed by atoms with Crippen LogP contribution in [-0.2, 0) is 0 Å². The smallest absolute Gasteiger partial charge is 0.267 e. The fourth-order valence-electron chi connectivity index (χ4n) is 3.37. The SMILES string of the molecule is O=c1/c(=C\c2ccc(Br)cc2)sc2nc(-c3ccccc3)c(-c3ccccc3)n12. The maximum absolute atomic E-state index is 13.3. The van der Waals surface area contributed by atoms with E-state index in [9.17, 15) is 4.79 Å². The summed E-state index contributed by atoms with van der Waals surface area (Å²) in [7, 11) is 0. The fraction of sp³-hybridized carbons (Fsp3) is 0. The molecule has 0 amide bonds. The Labute approximate surface area is 179 Å². The lowest BCUT2D eigenvalue weighted by Crippen LogP contribution is -2.23. The molecule has 2 aromatic heterocycles. The lowest BCUT2D eigenvalue weighted by atomic mass is 10.1. The van der Waals surface area contributed by atoms with Crippen molar-refractivity contribution in [1.29, 1.82) is 0 Å².